The van der Waals surface area contributed by atoms with Crippen molar-refractivity contribution in [3.05, 3.63) is 80.8 Å². The summed E-state index contributed by atoms with van der Waals surface area (Å²) < 4.78 is 0. The van der Waals surface area contributed by atoms with E-state index in [4.69, 9.17) is 4.98 Å². The van der Waals surface area contributed by atoms with Crippen LogP contribution in [-0.4, -0.2) is 27.4 Å². The molecule has 1 aromatic heterocycles. The first-order valence-electron chi connectivity index (χ1n) is 11.6. The van der Waals surface area contributed by atoms with E-state index in [1.807, 2.05) is 31.2 Å². The van der Waals surface area contributed by atoms with E-state index in [1.54, 1.807) is 4.90 Å². The highest BCUT2D eigenvalue weighted by atomic mass is 16.2. The molecular formula is C27H32N4O2. The van der Waals surface area contributed by atoms with Crippen molar-refractivity contribution >= 4 is 11.7 Å². The van der Waals surface area contributed by atoms with Gasteiger partial charge in [-0.3, -0.25) is 4.79 Å². The first-order valence-corrected chi connectivity index (χ1v) is 11.6. The number of H-pyrrole nitrogens is 1. The summed E-state index contributed by atoms with van der Waals surface area (Å²) in [4.78, 5) is 35.5. The molecule has 0 atom stereocenters. The third kappa shape index (κ3) is 4.70. The predicted molar refractivity (Wildman–Crippen MR) is 133 cm³/mol. The summed E-state index contributed by atoms with van der Waals surface area (Å²) in [6, 6.07) is 13.9. The van der Waals surface area contributed by atoms with Crippen LogP contribution in [0.2, 0.25) is 0 Å². The first-order chi connectivity index (χ1) is 15.7. The largest absolute Gasteiger partial charge is 0.322 e. The SMILES string of the molecule is Cc1cccc(-c2nc3c(c(=O)[nH]2)CN(C(=O)Nc2c(C(C)C)cccc2C(C)C)CC3)c1. The minimum Gasteiger partial charge on any atom is -0.320 e. The average Bonchev–Trinajstić information content (AvgIpc) is 2.78. The normalized spacial score (nSPS) is 13.4. The van der Waals surface area contributed by atoms with Crippen LogP contribution in [0, 0.1) is 6.92 Å². The van der Waals surface area contributed by atoms with Crippen LogP contribution < -0.4 is 10.9 Å². The summed E-state index contributed by atoms with van der Waals surface area (Å²) in [5.74, 6) is 1.15. The maximum atomic E-state index is 13.2. The molecule has 33 heavy (non-hydrogen) atoms. The summed E-state index contributed by atoms with van der Waals surface area (Å²) >= 11 is 0. The number of hydrogen-bond acceptors (Lipinski definition) is 3. The summed E-state index contributed by atoms with van der Waals surface area (Å²) in [6.45, 7) is 11.3. The van der Waals surface area contributed by atoms with Gasteiger partial charge in [-0.1, -0.05) is 69.7 Å². The van der Waals surface area contributed by atoms with Crippen LogP contribution in [0.4, 0.5) is 10.5 Å². The molecule has 0 unspecified atom stereocenters. The Morgan fingerprint density at radius 1 is 1.06 bits per heavy atom. The van der Waals surface area contributed by atoms with Crippen LogP contribution in [-0.2, 0) is 13.0 Å². The lowest BCUT2D eigenvalue weighted by molar-refractivity contribution is 0.205. The van der Waals surface area contributed by atoms with Gasteiger partial charge in [0.15, 0.2) is 0 Å². The maximum Gasteiger partial charge on any atom is 0.322 e. The zero-order valence-corrected chi connectivity index (χ0v) is 20.0. The molecule has 0 aliphatic carbocycles. The average molecular weight is 445 g/mol. The molecule has 1 aliphatic heterocycles. The molecule has 172 valence electrons. The van der Waals surface area contributed by atoms with Crippen LogP contribution >= 0.6 is 0 Å². The summed E-state index contributed by atoms with van der Waals surface area (Å²) in [5.41, 5.74) is 6.28. The molecule has 6 heteroatoms. The Hall–Kier alpha value is -3.41. The smallest absolute Gasteiger partial charge is 0.320 e. The van der Waals surface area contributed by atoms with Crippen LogP contribution in [0.15, 0.2) is 47.3 Å². The molecule has 0 saturated heterocycles. The standard InChI is InChI=1S/C27H32N4O2/c1-16(2)20-10-7-11-21(17(3)4)24(20)29-27(33)31-13-12-23-22(15-31)26(32)30-25(28-23)19-9-6-8-18(5)14-19/h6-11,14,16-17H,12-13,15H2,1-5H3,(H,29,33)(H,28,30,32). The van der Waals surface area contributed by atoms with Gasteiger partial charge in [-0.25, -0.2) is 9.78 Å². The van der Waals surface area contributed by atoms with Crippen LogP contribution in [0.5, 0.6) is 0 Å². The molecule has 3 aromatic rings. The molecule has 1 aliphatic rings. The lowest BCUT2D eigenvalue weighted by atomic mass is 9.92. The summed E-state index contributed by atoms with van der Waals surface area (Å²) in [7, 11) is 0. The van der Waals surface area contributed by atoms with E-state index in [-0.39, 0.29) is 30.0 Å². The van der Waals surface area contributed by atoms with E-state index in [9.17, 15) is 9.59 Å². The highest BCUT2D eigenvalue weighted by Gasteiger charge is 2.26. The number of aryl methyl sites for hydroxylation is 1. The molecule has 0 bridgehead atoms. The second-order valence-corrected chi connectivity index (χ2v) is 9.43. The molecule has 2 aromatic carbocycles. The van der Waals surface area contributed by atoms with Crippen molar-refractivity contribution in [1.82, 2.24) is 14.9 Å². The number of aromatic nitrogens is 2. The number of rotatable bonds is 4. The van der Waals surface area contributed by atoms with E-state index in [0.29, 0.717) is 24.4 Å². The second-order valence-electron chi connectivity index (χ2n) is 9.43. The summed E-state index contributed by atoms with van der Waals surface area (Å²) in [5, 5.41) is 3.16. The highest BCUT2D eigenvalue weighted by Crippen LogP contribution is 2.33. The Balaban J connectivity index is 1.59. The van der Waals surface area contributed by atoms with Gasteiger partial charge in [0.25, 0.3) is 5.56 Å². The van der Waals surface area contributed by atoms with Gasteiger partial charge in [0, 0.05) is 24.2 Å². The lowest BCUT2D eigenvalue weighted by Crippen LogP contribution is -2.42. The maximum absolute atomic E-state index is 13.2. The number of anilines is 1. The number of carbonyl (C=O) groups is 1. The van der Waals surface area contributed by atoms with Gasteiger partial charge in [-0.2, -0.15) is 0 Å². The number of fused-ring (bicyclic) bond motifs is 1. The van der Waals surface area contributed by atoms with Gasteiger partial charge in [0.2, 0.25) is 0 Å². The zero-order valence-electron chi connectivity index (χ0n) is 20.0. The van der Waals surface area contributed by atoms with Crippen molar-refractivity contribution in [3.8, 4) is 11.4 Å². The Morgan fingerprint density at radius 3 is 2.36 bits per heavy atom. The molecule has 0 radical (unpaired) electrons. The number of nitrogens with zero attached hydrogens (tertiary/aromatic N) is 2. The monoisotopic (exact) mass is 444 g/mol. The Labute approximate surface area is 195 Å². The fraction of sp³-hybridized carbons (Fsp3) is 0.370. The number of aromatic amines is 1. The molecule has 2 N–H and O–H groups in total. The molecule has 2 heterocycles. The van der Waals surface area contributed by atoms with Crippen molar-refractivity contribution in [2.75, 3.05) is 11.9 Å². The van der Waals surface area contributed by atoms with Crippen LogP contribution in [0.3, 0.4) is 0 Å². The van der Waals surface area contributed by atoms with Gasteiger partial charge in [-0.15, -0.1) is 0 Å². The molecule has 6 nitrogen and oxygen atoms in total. The number of para-hydroxylation sites is 1. The molecule has 4 rings (SSSR count). The van der Waals surface area contributed by atoms with Gasteiger partial charge in [0.05, 0.1) is 17.8 Å². The van der Waals surface area contributed by atoms with Gasteiger partial charge in [0.1, 0.15) is 5.82 Å². The van der Waals surface area contributed by atoms with Crippen molar-refractivity contribution in [2.45, 2.75) is 59.4 Å². The second kappa shape index (κ2) is 9.22. The first kappa shape index (κ1) is 22.8. The number of urea groups is 1. The van der Waals surface area contributed by atoms with E-state index >= 15 is 0 Å². The van der Waals surface area contributed by atoms with Gasteiger partial charge >= 0.3 is 6.03 Å². The predicted octanol–water partition coefficient (Wildman–Crippen LogP) is 5.58. The van der Waals surface area contributed by atoms with Crippen molar-refractivity contribution in [3.63, 3.8) is 0 Å². The Bertz CT molecular complexity index is 1220. The minimum absolute atomic E-state index is 0.181. The van der Waals surface area contributed by atoms with E-state index in [2.05, 4.69) is 56.2 Å². The lowest BCUT2D eigenvalue weighted by Gasteiger charge is -2.29. The summed E-state index contributed by atoms with van der Waals surface area (Å²) in [6.07, 6.45) is 0.550. The Kier molecular flexibility index (Phi) is 6.36. The number of benzene rings is 2. The minimum atomic E-state index is -0.183. The topological polar surface area (TPSA) is 78.1 Å². The zero-order chi connectivity index (χ0) is 23.7. The molecule has 0 saturated carbocycles. The molecule has 0 fully saturated rings. The third-order valence-electron chi connectivity index (χ3n) is 6.25. The van der Waals surface area contributed by atoms with E-state index < -0.39 is 0 Å². The van der Waals surface area contributed by atoms with Crippen molar-refractivity contribution in [2.24, 2.45) is 0 Å². The molecule has 2 amide bonds. The van der Waals surface area contributed by atoms with Gasteiger partial charge in [-0.05, 0) is 36.0 Å². The number of nitrogens with one attached hydrogen (secondary N) is 2. The number of hydrogen-bond donors (Lipinski definition) is 2. The van der Waals surface area contributed by atoms with E-state index in [1.165, 1.54) is 0 Å². The fourth-order valence-corrected chi connectivity index (χ4v) is 4.41. The quantitative estimate of drug-likeness (QED) is 0.551. The van der Waals surface area contributed by atoms with Crippen molar-refractivity contribution < 1.29 is 4.79 Å². The Morgan fingerprint density at radius 2 is 1.73 bits per heavy atom. The number of amides is 2. The van der Waals surface area contributed by atoms with Gasteiger partial charge < -0.3 is 15.2 Å². The molecule has 0 spiro atoms. The van der Waals surface area contributed by atoms with Crippen molar-refractivity contribution in [1.29, 1.82) is 0 Å². The highest BCUT2D eigenvalue weighted by molar-refractivity contribution is 5.91. The van der Waals surface area contributed by atoms with Crippen LogP contribution in [0.1, 0.15) is 67.5 Å². The van der Waals surface area contributed by atoms with Crippen LogP contribution in [0.25, 0.3) is 11.4 Å². The fourth-order valence-electron chi connectivity index (χ4n) is 4.41. The number of carbonyl (C=O) groups excluding carboxylic acids is 1. The molecular weight excluding hydrogens is 412 g/mol. The van der Waals surface area contributed by atoms with E-state index in [0.717, 1.165) is 33.6 Å². The third-order valence-corrected chi connectivity index (χ3v) is 6.25.